The smallest absolute Gasteiger partial charge is 0.265 e. The lowest BCUT2D eigenvalue weighted by molar-refractivity contribution is 0.103. The van der Waals surface area contributed by atoms with E-state index in [1.807, 2.05) is 30.3 Å². The number of aromatic nitrogens is 2. The first kappa shape index (κ1) is 12.9. The van der Waals surface area contributed by atoms with E-state index in [9.17, 15) is 4.79 Å². The number of hydrogen-bond donors (Lipinski definition) is 2. The monoisotopic (exact) mass is 303 g/mol. The second kappa shape index (κ2) is 5.48. The van der Waals surface area contributed by atoms with Gasteiger partial charge in [0.05, 0.1) is 14.9 Å². The average molecular weight is 304 g/mol. The van der Waals surface area contributed by atoms with Gasteiger partial charge in [0.1, 0.15) is 0 Å². The number of halogens is 1. The summed E-state index contributed by atoms with van der Waals surface area (Å²) < 4.78 is 0.598. The standard InChI is InChI=1S/C14H10ClN3OS/c15-13-5-4-12(20-13)14(19)17-10-3-1-2-9(8-10)11-6-7-16-18-11/h1-8H,(H,16,18)(H,17,19). The molecule has 100 valence electrons. The average Bonchev–Trinajstić information content (AvgIpc) is 3.10. The number of nitrogens with one attached hydrogen (secondary N) is 2. The Labute approximate surface area is 124 Å². The van der Waals surface area contributed by atoms with Crippen molar-refractivity contribution in [2.45, 2.75) is 0 Å². The number of nitrogens with zero attached hydrogens (tertiary/aromatic N) is 1. The molecule has 0 fully saturated rings. The highest BCUT2D eigenvalue weighted by atomic mass is 35.5. The minimum absolute atomic E-state index is 0.163. The third-order valence-corrected chi connectivity index (χ3v) is 3.96. The maximum atomic E-state index is 12.0. The maximum Gasteiger partial charge on any atom is 0.265 e. The first-order chi connectivity index (χ1) is 9.72. The van der Waals surface area contributed by atoms with Crippen LogP contribution in [0.5, 0.6) is 0 Å². The highest BCUT2D eigenvalue weighted by Crippen LogP contribution is 2.24. The van der Waals surface area contributed by atoms with Crippen molar-refractivity contribution in [3.63, 3.8) is 0 Å². The van der Waals surface area contributed by atoms with Crippen LogP contribution in [0, 0.1) is 0 Å². The van der Waals surface area contributed by atoms with Gasteiger partial charge in [-0.15, -0.1) is 11.3 Å². The van der Waals surface area contributed by atoms with Crippen molar-refractivity contribution in [1.82, 2.24) is 10.2 Å². The molecule has 2 heterocycles. The number of rotatable bonds is 3. The highest BCUT2D eigenvalue weighted by Gasteiger charge is 2.09. The Kier molecular flexibility index (Phi) is 3.54. The minimum atomic E-state index is -0.163. The summed E-state index contributed by atoms with van der Waals surface area (Å²) in [6.45, 7) is 0. The molecule has 0 aliphatic heterocycles. The van der Waals surface area contributed by atoms with E-state index in [0.717, 1.165) is 16.9 Å². The molecule has 6 heteroatoms. The first-order valence-electron chi connectivity index (χ1n) is 5.89. The second-order valence-corrected chi connectivity index (χ2v) is 5.82. The summed E-state index contributed by atoms with van der Waals surface area (Å²) in [5, 5.41) is 9.66. The summed E-state index contributed by atoms with van der Waals surface area (Å²) in [6, 6.07) is 12.9. The normalized spacial score (nSPS) is 10.4. The van der Waals surface area contributed by atoms with Gasteiger partial charge in [-0.2, -0.15) is 5.10 Å². The van der Waals surface area contributed by atoms with E-state index in [1.54, 1.807) is 18.3 Å². The van der Waals surface area contributed by atoms with Crippen molar-refractivity contribution in [1.29, 1.82) is 0 Å². The molecule has 0 aliphatic rings. The van der Waals surface area contributed by atoms with Crippen molar-refractivity contribution in [2.24, 2.45) is 0 Å². The maximum absolute atomic E-state index is 12.0. The van der Waals surface area contributed by atoms with Gasteiger partial charge in [-0.05, 0) is 30.3 Å². The van der Waals surface area contributed by atoms with Gasteiger partial charge in [0.25, 0.3) is 5.91 Å². The zero-order valence-corrected chi connectivity index (χ0v) is 11.8. The van der Waals surface area contributed by atoms with E-state index in [1.165, 1.54) is 11.3 Å². The van der Waals surface area contributed by atoms with E-state index in [2.05, 4.69) is 15.5 Å². The molecule has 20 heavy (non-hydrogen) atoms. The molecule has 0 saturated heterocycles. The molecular formula is C14H10ClN3OS. The molecule has 0 radical (unpaired) electrons. The van der Waals surface area contributed by atoms with Crippen molar-refractivity contribution < 1.29 is 4.79 Å². The van der Waals surface area contributed by atoms with Crippen molar-refractivity contribution >= 4 is 34.5 Å². The van der Waals surface area contributed by atoms with E-state index >= 15 is 0 Å². The number of H-pyrrole nitrogens is 1. The van der Waals surface area contributed by atoms with Crippen molar-refractivity contribution in [3.05, 3.63) is 57.9 Å². The lowest BCUT2D eigenvalue weighted by Crippen LogP contribution is -2.09. The number of thiophene rings is 1. The molecule has 0 unspecified atom stereocenters. The highest BCUT2D eigenvalue weighted by molar-refractivity contribution is 7.18. The third-order valence-electron chi connectivity index (χ3n) is 2.73. The van der Waals surface area contributed by atoms with Crippen LogP contribution >= 0.6 is 22.9 Å². The number of carbonyl (C=O) groups is 1. The lowest BCUT2D eigenvalue weighted by Gasteiger charge is -2.05. The number of anilines is 1. The molecule has 0 aliphatic carbocycles. The van der Waals surface area contributed by atoms with Crippen molar-refractivity contribution in [3.8, 4) is 11.3 Å². The minimum Gasteiger partial charge on any atom is -0.321 e. The Bertz CT molecular complexity index is 736. The van der Waals surface area contributed by atoms with Crippen LogP contribution in [-0.2, 0) is 0 Å². The summed E-state index contributed by atoms with van der Waals surface area (Å²) in [5.74, 6) is -0.163. The summed E-state index contributed by atoms with van der Waals surface area (Å²) in [5.41, 5.74) is 2.59. The molecule has 0 atom stereocenters. The predicted molar refractivity (Wildman–Crippen MR) is 81.3 cm³/mol. The van der Waals surface area contributed by atoms with Crippen LogP contribution in [0.15, 0.2) is 48.7 Å². The van der Waals surface area contributed by atoms with Gasteiger partial charge in [0.15, 0.2) is 0 Å². The van der Waals surface area contributed by atoms with Crippen LogP contribution in [0.4, 0.5) is 5.69 Å². The molecule has 2 aromatic heterocycles. The summed E-state index contributed by atoms with van der Waals surface area (Å²) in [7, 11) is 0. The number of aromatic amines is 1. The molecule has 1 aromatic carbocycles. The van der Waals surface area contributed by atoms with Gasteiger partial charge in [-0.25, -0.2) is 0 Å². The van der Waals surface area contributed by atoms with Crippen LogP contribution < -0.4 is 5.32 Å². The zero-order chi connectivity index (χ0) is 13.9. The van der Waals surface area contributed by atoms with E-state index in [-0.39, 0.29) is 5.91 Å². The van der Waals surface area contributed by atoms with Crippen LogP contribution in [0.3, 0.4) is 0 Å². The topological polar surface area (TPSA) is 57.8 Å². The molecule has 1 amide bonds. The van der Waals surface area contributed by atoms with Crippen LogP contribution in [0.2, 0.25) is 4.34 Å². The first-order valence-corrected chi connectivity index (χ1v) is 7.08. The number of amides is 1. The van der Waals surface area contributed by atoms with Crippen LogP contribution in [-0.4, -0.2) is 16.1 Å². The van der Waals surface area contributed by atoms with Crippen molar-refractivity contribution in [2.75, 3.05) is 5.32 Å². The Morgan fingerprint density at radius 1 is 1.25 bits per heavy atom. The number of benzene rings is 1. The van der Waals surface area contributed by atoms with Crippen LogP contribution in [0.1, 0.15) is 9.67 Å². The Hall–Kier alpha value is -2.11. The van der Waals surface area contributed by atoms with E-state index in [0.29, 0.717) is 9.21 Å². The molecule has 3 rings (SSSR count). The predicted octanol–water partition coefficient (Wildman–Crippen LogP) is 4.04. The van der Waals surface area contributed by atoms with Gasteiger partial charge >= 0.3 is 0 Å². The van der Waals surface area contributed by atoms with E-state index < -0.39 is 0 Å². The molecule has 2 N–H and O–H groups in total. The molecule has 0 spiro atoms. The van der Waals surface area contributed by atoms with Gasteiger partial charge in [-0.1, -0.05) is 23.7 Å². The fourth-order valence-corrected chi connectivity index (χ4v) is 2.75. The van der Waals surface area contributed by atoms with Gasteiger partial charge in [0.2, 0.25) is 0 Å². The zero-order valence-electron chi connectivity index (χ0n) is 10.3. The Morgan fingerprint density at radius 2 is 2.15 bits per heavy atom. The fraction of sp³-hybridized carbons (Fsp3) is 0. The Balaban J connectivity index is 1.81. The summed E-state index contributed by atoms with van der Waals surface area (Å²) in [6.07, 6.45) is 1.69. The summed E-state index contributed by atoms with van der Waals surface area (Å²) in [4.78, 5) is 12.6. The van der Waals surface area contributed by atoms with Gasteiger partial charge < -0.3 is 5.32 Å². The SMILES string of the molecule is O=C(Nc1cccc(-c2ccn[nH]2)c1)c1ccc(Cl)s1. The van der Waals surface area contributed by atoms with E-state index in [4.69, 9.17) is 11.6 Å². The Morgan fingerprint density at radius 3 is 2.85 bits per heavy atom. The van der Waals surface area contributed by atoms with Crippen LogP contribution in [0.25, 0.3) is 11.3 Å². The van der Waals surface area contributed by atoms with Gasteiger partial charge in [0, 0.05) is 17.4 Å². The third kappa shape index (κ3) is 2.74. The molecule has 0 bridgehead atoms. The summed E-state index contributed by atoms with van der Waals surface area (Å²) >= 11 is 7.08. The lowest BCUT2D eigenvalue weighted by atomic mass is 10.1. The molecule has 4 nitrogen and oxygen atoms in total. The quantitative estimate of drug-likeness (QED) is 0.767. The molecular weight excluding hydrogens is 294 g/mol. The molecule has 0 saturated carbocycles. The largest absolute Gasteiger partial charge is 0.321 e. The van der Waals surface area contributed by atoms with Gasteiger partial charge in [-0.3, -0.25) is 9.89 Å². The fourth-order valence-electron chi connectivity index (χ4n) is 1.81. The second-order valence-electron chi connectivity index (χ2n) is 4.11. The number of carbonyl (C=O) groups excluding carboxylic acids is 1. The number of hydrogen-bond acceptors (Lipinski definition) is 3. The molecule has 3 aromatic rings.